The predicted octanol–water partition coefficient (Wildman–Crippen LogP) is 1.70. The summed E-state index contributed by atoms with van der Waals surface area (Å²) in [4.78, 5) is 18.8. The zero-order chi connectivity index (χ0) is 14.7. The number of imidazole rings is 1. The van der Waals surface area contributed by atoms with E-state index in [1.165, 1.54) is 0 Å². The van der Waals surface area contributed by atoms with Gasteiger partial charge in [-0.25, -0.2) is 4.98 Å². The molecule has 1 aromatic heterocycles. The molecule has 1 fully saturated rings. The maximum atomic E-state index is 12.8. The molecular formula is C16H20N4O. The summed E-state index contributed by atoms with van der Waals surface area (Å²) in [6, 6.07) is 10.2. The van der Waals surface area contributed by atoms with Crippen LogP contribution in [0.3, 0.4) is 0 Å². The fourth-order valence-corrected chi connectivity index (χ4v) is 2.81. The van der Waals surface area contributed by atoms with E-state index in [1.807, 2.05) is 46.8 Å². The van der Waals surface area contributed by atoms with Gasteiger partial charge in [-0.1, -0.05) is 18.2 Å². The number of para-hydroxylation sites is 1. The second kappa shape index (κ2) is 6.10. The Morgan fingerprint density at radius 2 is 2.14 bits per heavy atom. The van der Waals surface area contributed by atoms with E-state index in [1.54, 1.807) is 12.5 Å². The van der Waals surface area contributed by atoms with E-state index in [0.717, 1.165) is 31.6 Å². The van der Waals surface area contributed by atoms with Crippen LogP contribution in [-0.4, -0.2) is 46.5 Å². The van der Waals surface area contributed by atoms with Crippen LogP contribution in [0.5, 0.6) is 0 Å². The molecule has 0 unspecified atom stereocenters. The summed E-state index contributed by atoms with van der Waals surface area (Å²) in [7, 11) is 1.95. The minimum atomic E-state index is 0.0521. The molecule has 1 saturated heterocycles. The fraction of sp³-hybridized carbons (Fsp3) is 0.375. The summed E-state index contributed by atoms with van der Waals surface area (Å²) in [5, 5.41) is 3.26. The van der Waals surface area contributed by atoms with Gasteiger partial charge in [-0.15, -0.1) is 0 Å². The quantitative estimate of drug-likeness (QED) is 0.933. The van der Waals surface area contributed by atoms with Gasteiger partial charge >= 0.3 is 0 Å². The molecule has 2 heterocycles. The lowest BCUT2D eigenvalue weighted by atomic mass is 10.1. The Morgan fingerprint density at radius 1 is 1.33 bits per heavy atom. The molecule has 5 heteroatoms. The van der Waals surface area contributed by atoms with Gasteiger partial charge in [0.25, 0.3) is 5.91 Å². The highest BCUT2D eigenvalue weighted by atomic mass is 16.2. The van der Waals surface area contributed by atoms with Crippen molar-refractivity contribution in [1.29, 1.82) is 0 Å². The lowest BCUT2D eigenvalue weighted by Crippen LogP contribution is -2.47. The van der Waals surface area contributed by atoms with Crippen molar-refractivity contribution in [2.75, 3.05) is 20.1 Å². The first kappa shape index (κ1) is 13.8. The Bertz CT molecular complexity index is 608. The highest BCUT2D eigenvalue weighted by Gasteiger charge is 2.25. The van der Waals surface area contributed by atoms with Gasteiger partial charge in [-0.3, -0.25) is 9.36 Å². The largest absolute Gasteiger partial charge is 0.336 e. The van der Waals surface area contributed by atoms with Gasteiger partial charge in [0.1, 0.15) is 5.69 Å². The van der Waals surface area contributed by atoms with E-state index in [2.05, 4.69) is 10.3 Å². The standard InChI is InChI=1S/C16H20N4O/c1-17-13-6-5-9-19(11-13)16(21)15-10-18-12-20(15)14-7-3-2-4-8-14/h2-4,7-8,10,12-13,17H,5-6,9,11H2,1H3/t13-/m1/s1. The normalized spacial score (nSPS) is 18.7. The number of carbonyl (C=O) groups is 1. The number of benzene rings is 1. The number of amides is 1. The SMILES string of the molecule is CN[C@@H]1CCCN(C(=O)c2cncn2-c2ccccc2)C1. The first-order valence-electron chi connectivity index (χ1n) is 7.34. The maximum Gasteiger partial charge on any atom is 0.272 e. The van der Waals surface area contributed by atoms with E-state index in [9.17, 15) is 4.79 Å². The van der Waals surface area contributed by atoms with Crippen LogP contribution >= 0.6 is 0 Å². The van der Waals surface area contributed by atoms with Gasteiger partial charge in [0, 0.05) is 24.8 Å². The fourth-order valence-electron chi connectivity index (χ4n) is 2.81. The lowest BCUT2D eigenvalue weighted by Gasteiger charge is -2.32. The van der Waals surface area contributed by atoms with Crippen molar-refractivity contribution in [1.82, 2.24) is 19.8 Å². The maximum absolute atomic E-state index is 12.8. The highest BCUT2D eigenvalue weighted by molar-refractivity contribution is 5.93. The topological polar surface area (TPSA) is 50.2 Å². The van der Waals surface area contributed by atoms with E-state index in [-0.39, 0.29) is 5.91 Å². The van der Waals surface area contributed by atoms with E-state index in [0.29, 0.717) is 11.7 Å². The Kier molecular flexibility index (Phi) is 4.01. The number of hydrogen-bond donors (Lipinski definition) is 1. The molecule has 1 aliphatic heterocycles. The third-order valence-corrected chi connectivity index (χ3v) is 4.01. The minimum absolute atomic E-state index is 0.0521. The molecule has 1 N–H and O–H groups in total. The number of likely N-dealkylation sites (tertiary alicyclic amines) is 1. The van der Waals surface area contributed by atoms with Crippen molar-refractivity contribution < 1.29 is 4.79 Å². The average Bonchev–Trinajstić information content (AvgIpc) is 3.04. The monoisotopic (exact) mass is 284 g/mol. The molecule has 21 heavy (non-hydrogen) atoms. The molecule has 1 aromatic carbocycles. The molecule has 1 atom stereocenters. The van der Waals surface area contributed by atoms with Crippen molar-refractivity contribution >= 4 is 5.91 Å². The zero-order valence-corrected chi connectivity index (χ0v) is 12.2. The number of nitrogens with one attached hydrogen (secondary N) is 1. The summed E-state index contributed by atoms with van der Waals surface area (Å²) >= 11 is 0. The minimum Gasteiger partial charge on any atom is -0.336 e. The number of aromatic nitrogens is 2. The lowest BCUT2D eigenvalue weighted by molar-refractivity contribution is 0.0690. The number of hydrogen-bond acceptors (Lipinski definition) is 3. The summed E-state index contributed by atoms with van der Waals surface area (Å²) < 4.78 is 1.85. The number of rotatable bonds is 3. The van der Waals surface area contributed by atoms with Gasteiger partial charge in [-0.05, 0) is 32.0 Å². The van der Waals surface area contributed by atoms with Gasteiger partial charge in [0.2, 0.25) is 0 Å². The van der Waals surface area contributed by atoms with Crippen molar-refractivity contribution in [2.45, 2.75) is 18.9 Å². The van der Waals surface area contributed by atoms with Crippen LogP contribution in [-0.2, 0) is 0 Å². The Hall–Kier alpha value is -2.14. The first-order chi connectivity index (χ1) is 10.3. The smallest absolute Gasteiger partial charge is 0.272 e. The number of likely N-dealkylation sites (N-methyl/N-ethyl adjacent to an activating group) is 1. The molecule has 0 radical (unpaired) electrons. The molecule has 5 nitrogen and oxygen atoms in total. The van der Waals surface area contributed by atoms with Crippen LogP contribution in [0.4, 0.5) is 0 Å². The number of nitrogens with zero attached hydrogens (tertiary/aromatic N) is 3. The summed E-state index contributed by atoms with van der Waals surface area (Å²) in [5.74, 6) is 0.0521. The van der Waals surface area contributed by atoms with Crippen LogP contribution in [0.2, 0.25) is 0 Å². The number of carbonyl (C=O) groups excluding carboxylic acids is 1. The second-order valence-corrected chi connectivity index (χ2v) is 5.36. The molecule has 0 saturated carbocycles. The first-order valence-corrected chi connectivity index (χ1v) is 7.34. The van der Waals surface area contributed by atoms with Crippen LogP contribution in [0, 0.1) is 0 Å². The zero-order valence-electron chi connectivity index (χ0n) is 12.2. The summed E-state index contributed by atoms with van der Waals surface area (Å²) in [6.07, 6.45) is 5.51. The molecule has 0 bridgehead atoms. The summed E-state index contributed by atoms with van der Waals surface area (Å²) in [5.41, 5.74) is 1.58. The van der Waals surface area contributed by atoms with Crippen LogP contribution < -0.4 is 5.32 Å². The van der Waals surface area contributed by atoms with Crippen molar-refractivity contribution in [3.63, 3.8) is 0 Å². The summed E-state index contributed by atoms with van der Waals surface area (Å²) in [6.45, 7) is 1.58. The van der Waals surface area contributed by atoms with Crippen molar-refractivity contribution in [3.05, 3.63) is 48.5 Å². The molecular weight excluding hydrogens is 264 g/mol. The van der Waals surface area contributed by atoms with Gasteiger partial charge in [0.15, 0.2) is 0 Å². The van der Waals surface area contributed by atoms with Crippen molar-refractivity contribution in [2.24, 2.45) is 0 Å². The van der Waals surface area contributed by atoms with Crippen LogP contribution in [0.1, 0.15) is 23.3 Å². The third-order valence-electron chi connectivity index (χ3n) is 4.01. The molecule has 1 amide bonds. The van der Waals surface area contributed by atoms with Gasteiger partial charge in [-0.2, -0.15) is 0 Å². The second-order valence-electron chi connectivity index (χ2n) is 5.36. The third kappa shape index (κ3) is 2.83. The Labute approximate surface area is 124 Å². The molecule has 0 spiro atoms. The Balaban J connectivity index is 1.84. The van der Waals surface area contributed by atoms with Gasteiger partial charge in [0.05, 0.1) is 12.5 Å². The molecule has 2 aromatic rings. The molecule has 0 aliphatic carbocycles. The Morgan fingerprint density at radius 3 is 2.90 bits per heavy atom. The van der Waals surface area contributed by atoms with Crippen LogP contribution in [0.15, 0.2) is 42.9 Å². The van der Waals surface area contributed by atoms with Crippen molar-refractivity contribution in [3.8, 4) is 5.69 Å². The van der Waals surface area contributed by atoms with E-state index < -0.39 is 0 Å². The van der Waals surface area contributed by atoms with Crippen LogP contribution in [0.25, 0.3) is 5.69 Å². The molecule has 110 valence electrons. The van der Waals surface area contributed by atoms with E-state index in [4.69, 9.17) is 0 Å². The van der Waals surface area contributed by atoms with E-state index >= 15 is 0 Å². The predicted molar refractivity (Wildman–Crippen MR) is 81.5 cm³/mol. The number of piperidine rings is 1. The molecule has 1 aliphatic rings. The van der Waals surface area contributed by atoms with Gasteiger partial charge < -0.3 is 10.2 Å². The highest BCUT2D eigenvalue weighted by Crippen LogP contribution is 2.16. The molecule has 3 rings (SSSR count). The average molecular weight is 284 g/mol.